The molecule has 10 heteroatoms. The number of nitrogens with two attached hydrogens (primary N) is 1. The molecule has 3 fully saturated rings. The van der Waals surface area contributed by atoms with E-state index < -0.39 is 6.29 Å². The quantitative estimate of drug-likeness (QED) is 0.0953. The molecule has 0 aliphatic carbocycles. The van der Waals surface area contributed by atoms with Gasteiger partial charge in [0.2, 0.25) is 11.8 Å². The summed E-state index contributed by atoms with van der Waals surface area (Å²) < 4.78 is 13.3. The highest BCUT2D eigenvalue weighted by molar-refractivity contribution is 5.93. The summed E-state index contributed by atoms with van der Waals surface area (Å²) in [4.78, 5) is 30.2. The average Bonchev–Trinajstić information content (AvgIpc) is 3.83. The van der Waals surface area contributed by atoms with Crippen molar-refractivity contribution in [2.45, 2.75) is 102 Å². The minimum atomic E-state index is -0.525. The van der Waals surface area contributed by atoms with E-state index in [1.54, 1.807) is 12.1 Å². The van der Waals surface area contributed by atoms with Crippen LogP contribution in [0.25, 0.3) is 0 Å². The van der Waals surface area contributed by atoms with Gasteiger partial charge in [-0.25, -0.2) is 0 Å². The fourth-order valence-corrected chi connectivity index (χ4v) is 7.60. The molecule has 3 aromatic rings. The zero-order valence-corrected chi connectivity index (χ0v) is 29.8. The van der Waals surface area contributed by atoms with E-state index in [1.807, 2.05) is 48.5 Å². The predicted octanol–water partition coefficient (Wildman–Crippen LogP) is 6.78. The topological polar surface area (TPSA) is 129 Å². The number of hydrogen-bond acceptors (Lipinski definition) is 8. The van der Waals surface area contributed by atoms with E-state index in [0.29, 0.717) is 30.3 Å². The van der Waals surface area contributed by atoms with Gasteiger partial charge >= 0.3 is 0 Å². The van der Waals surface area contributed by atoms with Gasteiger partial charge in [0.1, 0.15) is 0 Å². The van der Waals surface area contributed by atoms with Gasteiger partial charge in [-0.1, -0.05) is 61.4 Å². The summed E-state index contributed by atoms with van der Waals surface area (Å²) in [5.74, 6) is -0.0697. The number of para-hydroxylation sites is 2. The normalized spacial score (nSPS) is 22.6. The highest BCUT2D eigenvalue weighted by atomic mass is 16.7. The van der Waals surface area contributed by atoms with Gasteiger partial charge in [0.25, 0.3) is 0 Å². The van der Waals surface area contributed by atoms with Gasteiger partial charge in [0, 0.05) is 49.6 Å². The van der Waals surface area contributed by atoms with E-state index in [9.17, 15) is 14.7 Å². The van der Waals surface area contributed by atoms with Gasteiger partial charge in [-0.2, -0.15) is 0 Å². The summed E-state index contributed by atoms with van der Waals surface area (Å²) in [6.45, 7) is 5.59. The number of nitrogens with one attached hydrogen (secondary N) is 2. The molecular formula is C41H55N5O5. The second-order valence-corrected chi connectivity index (χ2v) is 14.4. The average molecular weight is 698 g/mol. The highest BCUT2D eigenvalue weighted by Crippen LogP contribution is 2.39. The number of rotatable bonds is 16. The number of unbranched alkanes of at least 4 members (excludes halogenated alkanes) is 3. The maximum Gasteiger partial charge on any atom is 0.224 e. The number of benzene rings is 3. The van der Waals surface area contributed by atoms with Crippen LogP contribution in [0, 0.1) is 0 Å². The highest BCUT2D eigenvalue weighted by Gasteiger charge is 2.36. The van der Waals surface area contributed by atoms with Crippen molar-refractivity contribution in [3.63, 3.8) is 0 Å². The van der Waals surface area contributed by atoms with E-state index in [2.05, 4.69) is 32.6 Å². The number of carbonyl (C=O) groups excluding carboxylic acids is 2. The molecule has 0 saturated carbocycles. The third-order valence-electron chi connectivity index (χ3n) is 10.5. The Kier molecular flexibility index (Phi) is 13.5. The molecule has 3 saturated heterocycles. The van der Waals surface area contributed by atoms with Gasteiger partial charge in [-0.05, 0) is 93.6 Å². The van der Waals surface area contributed by atoms with Crippen molar-refractivity contribution in [1.82, 2.24) is 9.80 Å². The molecule has 3 aromatic carbocycles. The van der Waals surface area contributed by atoms with Crippen molar-refractivity contribution in [3.8, 4) is 0 Å². The summed E-state index contributed by atoms with van der Waals surface area (Å²) in [7, 11) is 0. The fourth-order valence-electron chi connectivity index (χ4n) is 7.60. The third-order valence-corrected chi connectivity index (χ3v) is 10.5. The molecular weight excluding hydrogens is 642 g/mol. The number of nitrogen functional groups attached to an aromatic ring is 1. The van der Waals surface area contributed by atoms with E-state index in [0.717, 1.165) is 74.1 Å². The Hall–Kier alpha value is -3.80. The van der Waals surface area contributed by atoms with Gasteiger partial charge in [-0.3, -0.25) is 14.5 Å². The first kappa shape index (κ1) is 37.0. The number of likely N-dealkylation sites (tertiary alicyclic amines) is 2. The number of hydrogen-bond donors (Lipinski definition) is 4. The van der Waals surface area contributed by atoms with Gasteiger partial charge in [-0.15, -0.1) is 0 Å². The minimum absolute atomic E-state index is 0.0156. The van der Waals surface area contributed by atoms with Crippen LogP contribution in [-0.2, 0) is 25.7 Å². The minimum Gasteiger partial charge on any atom is -0.397 e. The van der Waals surface area contributed by atoms with Gasteiger partial charge < -0.3 is 35.8 Å². The first-order valence-corrected chi connectivity index (χ1v) is 18.9. The van der Waals surface area contributed by atoms with Crippen molar-refractivity contribution < 1.29 is 24.2 Å². The van der Waals surface area contributed by atoms with Crippen molar-refractivity contribution >= 4 is 28.9 Å². The zero-order valence-electron chi connectivity index (χ0n) is 29.8. The first-order chi connectivity index (χ1) is 24.9. The Balaban J connectivity index is 0.980. The van der Waals surface area contributed by atoms with Crippen LogP contribution >= 0.6 is 0 Å². The molecule has 0 radical (unpaired) electrons. The molecule has 0 bridgehead atoms. The van der Waals surface area contributed by atoms with Crippen LogP contribution < -0.4 is 16.4 Å². The smallest absolute Gasteiger partial charge is 0.224 e. The standard InChI is InChI=1S/C41H55N5O5/c42-36-11-5-6-12-37(36)44-40(49)14-4-2-1-3-13-39(48)43-33-21-19-32(20-22-33)41-50-35(26-38(51-41)31-17-15-30(29-47)16-18-31)28-46-25-9-10-34(46)27-45-23-7-8-24-45/h5-6,11-12,15-22,34-35,38,41,47H,1-4,7-10,13-14,23-29,42H2,(H,43,48)(H,44,49)/t34-,35-,38+,41+/m0/s1. The lowest BCUT2D eigenvalue weighted by Gasteiger charge is -2.39. The summed E-state index contributed by atoms with van der Waals surface area (Å²) in [5.41, 5.74) is 10.7. The maximum atomic E-state index is 12.7. The number of ether oxygens (including phenoxy) is 2. The van der Waals surface area contributed by atoms with Crippen LogP contribution in [0.1, 0.15) is 99.7 Å². The summed E-state index contributed by atoms with van der Waals surface area (Å²) in [6, 6.07) is 23.6. The lowest BCUT2D eigenvalue weighted by molar-refractivity contribution is -0.253. The molecule has 51 heavy (non-hydrogen) atoms. The lowest BCUT2D eigenvalue weighted by atomic mass is 9.99. The molecule has 3 heterocycles. The van der Waals surface area contributed by atoms with E-state index in [1.165, 1.54) is 38.8 Å². The number of aliphatic hydroxyl groups excluding tert-OH is 1. The molecule has 274 valence electrons. The van der Waals surface area contributed by atoms with Crippen LogP contribution in [0.5, 0.6) is 0 Å². The number of anilines is 3. The Morgan fingerprint density at radius 3 is 2.16 bits per heavy atom. The molecule has 0 spiro atoms. The second kappa shape index (κ2) is 18.6. The molecule has 4 atom stereocenters. The Morgan fingerprint density at radius 2 is 1.45 bits per heavy atom. The third kappa shape index (κ3) is 10.9. The van der Waals surface area contributed by atoms with Crippen LogP contribution in [0.15, 0.2) is 72.8 Å². The maximum absolute atomic E-state index is 12.7. The lowest BCUT2D eigenvalue weighted by Crippen LogP contribution is -2.45. The first-order valence-electron chi connectivity index (χ1n) is 18.9. The predicted molar refractivity (Wildman–Crippen MR) is 201 cm³/mol. The molecule has 3 aliphatic heterocycles. The molecule has 5 N–H and O–H groups in total. The molecule has 3 aliphatic rings. The number of carbonyl (C=O) groups is 2. The zero-order chi connectivity index (χ0) is 35.4. The van der Waals surface area contributed by atoms with Gasteiger partial charge in [0.05, 0.1) is 30.2 Å². The Labute approximate surface area is 302 Å². The molecule has 6 rings (SSSR count). The van der Waals surface area contributed by atoms with Gasteiger partial charge in [0.15, 0.2) is 6.29 Å². The molecule has 0 unspecified atom stereocenters. The number of amides is 2. The number of nitrogens with zero attached hydrogens (tertiary/aromatic N) is 2. The van der Waals surface area contributed by atoms with E-state index in [-0.39, 0.29) is 30.6 Å². The van der Waals surface area contributed by atoms with Crippen LogP contribution in [0.2, 0.25) is 0 Å². The van der Waals surface area contributed by atoms with Crippen molar-refractivity contribution in [2.24, 2.45) is 0 Å². The SMILES string of the molecule is Nc1ccccc1NC(=O)CCCCCCC(=O)Nc1ccc([C@@H]2O[C@H](CN3CCC[C@H]3CN3CCCC3)C[C@H](c3ccc(CO)cc3)O2)cc1. The summed E-state index contributed by atoms with van der Waals surface area (Å²) in [6.07, 6.45) is 9.37. The van der Waals surface area contributed by atoms with Crippen molar-refractivity contribution in [3.05, 3.63) is 89.5 Å². The van der Waals surface area contributed by atoms with Crippen LogP contribution in [0.3, 0.4) is 0 Å². The number of aliphatic hydroxyl groups is 1. The largest absolute Gasteiger partial charge is 0.397 e. The van der Waals surface area contributed by atoms with Crippen LogP contribution in [-0.4, -0.2) is 71.6 Å². The fraction of sp³-hybridized carbons (Fsp3) is 0.512. The molecule has 2 amide bonds. The molecule has 0 aromatic heterocycles. The van der Waals surface area contributed by atoms with Crippen molar-refractivity contribution in [1.29, 1.82) is 0 Å². The Morgan fingerprint density at radius 1 is 0.765 bits per heavy atom. The van der Waals surface area contributed by atoms with Crippen LogP contribution in [0.4, 0.5) is 17.1 Å². The Bertz CT molecular complexity index is 1540. The summed E-state index contributed by atoms with van der Waals surface area (Å²) in [5, 5.41) is 15.5. The molecule has 10 nitrogen and oxygen atoms in total. The van der Waals surface area contributed by atoms with Crippen molar-refractivity contribution in [2.75, 3.05) is 49.1 Å². The monoisotopic (exact) mass is 697 g/mol. The van der Waals surface area contributed by atoms with E-state index >= 15 is 0 Å². The summed E-state index contributed by atoms with van der Waals surface area (Å²) >= 11 is 0. The second-order valence-electron chi connectivity index (χ2n) is 14.4. The van der Waals surface area contributed by atoms with E-state index in [4.69, 9.17) is 15.2 Å².